The summed E-state index contributed by atoms with van der Waals surface area (Å²) in [5.74, 6) is 1.40. The van der Waals surface area contributed by atoms with E-state index in [-0.39, 0.29) is 12.5 Å². The van der Waals surface area contributed by atoms with Crippen molar-refractivity contribution in [2.45, 2.75) is 18.5 Å². The summed E-state index contributed by atoms with van der Waals surface area (Å²) >= 11 is 1.62. The normalized spacial score (nSPS) is 10.5. The first-order chi connectivity index (χ1) is 11.8. The summed E-state index contributed by atoms with van der Waals surface area (Å²) in [6.07, 6.45) is 3.21. The first-order valence-corrected chi connectivity index (χ1v) is 8.36. The zero-order chi connectivity index (χ0) is 16.8. The Morgan fingerprint density at radius 1 is 1.25 bits per heavy atom. The Kier molecular flexibility index (Phi) is 5.17. The van der Waals surface area contributed by atoms with Crippen LogP contribution in [0.5, 0.6) is 0 Å². The fourth-order valence-electron chi connectivity index (χ4n) is 1.93. The molecule has 0 radical (unpaired) electrons. The summed E-state index contributed by atoms with van der Waals surface area (Å²) in [5.41, 5.74) is 1.10. The Hall–Kier alpha value is -2.74. The van der Waals surface area contributed by atoms with Crippen LogP contribution in [-0.4, -0.2) is 31.8 Å². The average molecular weight is 341 g/mol. The molecule has 0 aromatic carbocycles. The van der Waals surface area contributed by atoms with Crippen molar-refractivity contribution < 1.29 is 9.32 Å². The number of carbonyl (C=O) groups excluding carboxylic acids is 1. The molecule has 0 aliphatic carbocycles. The van der Waals surface area contributed by atoms with Gasteiger partial charge < -0.3 is 9.84 Å². The van der Waals surface area contributed by atoms with Gasteiger partial charge in [-0.1, -0.05) is 18.1 Å². The molecule has 1 amide bonds. The second kappa shape index (κ2) is 7.69. The van der Waals surface area contributed by atoms with Gasteiger partial charge in [0.2, 0.25) is 11.7 Å². The Balaban J connectivity index is 1.59. The number of carbonyl (C=O) groups is 1. The van der Waals surface area contributed by atoms with Crippen LogP contribution in [0.1, 0.15) is 23.2 Å². The largest absolute Gasteiger partial charge is 0.343 e. The number of aromatic nitrogens is 4. The summed E-state index contributed by atoms with van der Waals surface area (Å²) in [4.78, 5) is 24.7. The minimum atomic E-state index is -0.242. The van der Waals surface area contributed by atoms with Gasteiger partial charge in [-0.15, -0.1) is 11.8 Å². The van der Waals surface area contributed by atoms with E-state index in [2.05, 4.69) is 32.3 Å². The molecular weight excluding hydrogens is 326 g/mol. The molecule has 3 aromatic heterocycles. The van der Waals surface area contributed by atoms with Gasteiger partial charge in [-0.2, -0.15) is 4.98 Å². The molecule has 8 heteroatoms. The van der Waals surface area contributed by atoms with E-state index < -0.39 is 0 Å². The number of rotatable bonds is 6. The number of nitrogens with zero attached hydrogens (tertiary/aromatic N) is 4. The number of nitrogens with one attached hydrogen (secondary N) is 1. The third-order valence-electron chi connectivity index (χ3n) is 3.05. The SMILES string of the molecule is CCSc1ccc(C(=O)NCc2nc(-c3ccccn3)no2)cn1. The van der Waals surface area contributed by atoms with Gasteiger partial charge in [0, 0.05) is 12.4 Å². The van der Waals surface area contributed by atoms with E-state index in [1.807, 2.05) is 18.2 Å². The summed E-state index contributed by atoms with van der Waals surface area (Å²) in [5, 5.41) is 7.48. The molecule has 0 fully saturated rings. The lowest BCUT2D eigenvalue weighted by Gasteiger charge is -2.03. The monoisotopic (exact) mass is 341 g/mol. The fourth-order valence-corrected chi connectivity index (χ4v) is 2.52. The molecule has 3 heterocycles. The lowest BCUT2D eigenvalue weighted by molar-refractivity contribution is 0.0946. The maximum absolute atomic E-state index is 12.1. The predicted octanol–water partition coefficient (Wildman–Crippen LogP) is 2.57. The molecule has 0 spiro atoms. The van der Waals surface area contributed by atoms with Crippen molar-refractivity contribution >= 4 is 17.7 Å². The minimum Gasteiger partial charge on any atom is -0.343 e. The first kappa shape index (κ1) is 16.1. The third kappa shape index (κ3) is 3.96. The molecule has 0 bridgehead atoms. The van der Waals surface area contributed by atoms with Crippen LogP contribution in [0.3, 0.4) is 0 Å². The van der Waals surface area contributed by atoms with Gasteiger partial charge >= 0.3 is 0 Å². The smallest absolute Gasteiger partial charge is 0.253 e. The van der Waals surface area contributed by atoms with Crippen LogP contribution in [0.15, 0.2) is 52.3 Å². The molecule has 0 saturated carbocycles. The molecule has 122 valence electrons. The summed E-state index contributed by atoms with van der Waals surface area (Å²) in [6, 6.07) is 9.01. The number of hydrogen-bond acceptors (Lipinski definition) is 7. The van der Waals surface area contributed by atoms with Crippen LogP contribution in [0.4, 0.5) is 0 Å². The Morgan fingerprint density at radius 2 is 2.17 bits per heavy atom. The van der Waals surface area contributed by atoms with Crippen molar-refractivity contribution in [1.29, 1.82) is 0 Å². The number of amides is 1. The lowest BCUT2D eigenvalue weighted by atomic mass is 10.3. The summed E-state index contributed by atoms with van der Waals surface area (Å²) < 4.78 is 5.12. The molecule has 3 rings (SSSR count). The third-order valence-corrected chi connectivity index (χ3v) is 3.88. The van der Waals surface area contributed by atoms with Crippen molar-refractivity contribution in [2.75, 3.05) is 5.75 Å². The fraction of sp³-hybridized carbons (Fsp3) is 0.188. The van der Waals surface area contributed by atoms with E-state index in [0.717, 1.165) is 10.8 Å². The van der Waals surface area contributed by atoms with E-state index in [9.17, 15) is 4.79 Å². The molecule has 24 heavy (non-hydrogen) atoms. The van der Waals surface area contributed by atoms with Gasteiger partial charge in [-0.25, -0.2) is 4.98 Å². The van der Waals surface area contributed by atoms with Crippen LogP contribution in [0.2, 0.25) is 0 Å². The van der Waals surface area contributed by atoms with Crippen molar-refractivity contribution in [3.05, 3.63) is 54.2 Å². The topological polar surface area (TPSA) is 93.8 Å². The van der Waals surface area contributed by atoms with Crippen LogP contribution in [-0.2, 0) is 6.54 Å². The first-order valence-electron chi connectivity index (χ1n) is 7.37. The molecule has 3 aromatic rings. The molecule has 0 aliphatic heterocycles. The summed E-state index contributed by atoms with van der Waals surface area (Å²) in [7, 11) is 0. The van der Waals surface area contributed by atoms with Crippen molar-refractivity contribution in [3.63, 3.8) is 0 Å². The highest BCUT2D eigenvalue weighted by Crippen LogP contribution is 2.14. The van der Waals surface area contributed by atoms with Crippen LogP contribution < -0.4 is 5.32 Å². The maximum Gasteiger partial charge on any atom is 0.253 e. The van der Waals surface area contributed by atoms with Crippen LogP contribution in [0.25, 0.3) is 11.5 Å². The molecule has 0 atom stereocenters. The van der Waals surface area contributed by atoms with E-state index in [1.54, 1.807) is 36.3 Å². The van der Waals surface area contributed by atoms with Crippen molar-refractivity contribution in [3.8, 4) is 11.5 Å². The number of thioether (sulfide) groups is 1. The average Bonchev–Trinajstić information content (AvgIpc) is 3.10. The lowest BCUT2D eigenvalue weighted by Crippen LogP contribution is -2.23. The standard InChI is InChI=1S/C16H15N5O2S/c1-2-24-14-7-6-11(9-18-14)16(22)19-10-13-20-15(21-23-13)12-5-3-4-8-17-12/h3-9H,2,10H2,1H3,(H,19,22). The number of pyridine rings is 2. The van der Waals surface area contributed by atoms with Gasteiger partial charge in [0.05, 0.1) is 17.1 Å². The molecule has 0 saturated heterocycles. The zero-order valence-electron chi connectivity index (χ0n) is 13.0. The maximum atomic E-state index is 12.1. The molecule has 0 unspecified atom stereocenters. The van der Waals surface area contributed by atoms with Gasteiger partial charge in [0.1, 0.15) is 5.69 Å². The van der Waals surface area contributed by atoms with Gasteiger partial charge in [0.15, 0.2) is 0 Å². The van der Waals surface area contributed by atoms with Crippen LogP contribution >= 0.6 is 11.8 Å². The molecule has 7 nitrogen and oxygen atoms in total. The van der Waals surface area contributed by atoms with Crippen molar-refractivity contribution in [2.24, 2.45) is 0 Å². The van der Waals surface area contributed by atoms with Gasteiger partial charge in [-0.05, 0) is 30.0 Å². The highest BCUT2D eigenvalue weighted by molar-refractivity contribution is 7.99. The number of hydrogen-bond donors (Lipinski definition) is 1. The van der Waals surface area contributed by atoms with Gasteiger partial charge in [-0.3, -0.25) is 9.78 Å². The quantitative estimate of drug-likeness (QED) is 0.689. The van der Waals surface area contributed by atoms with Gasteiger partial charge in [0.25, 0.3) is 5.91 Å². The van der Waals surface area contributed by atoms with Crippen molar-refractivity contribution in [1.82, 2.24) is 25.4 Å². The Bertz CT molecular complexity index is 805. The Labute approximate surface area is 142 Å². The zero-order valence-corrected chi connectivity index (χ0v) is 13.8. The van der Waals surface area contributed by atoms with E-state index in [4.69, 9.17) is 4.52 Å². The predicted molar refractivity (Wildman–Crippen MR) is 89.3 cm³/mol. The highest BCUT2D eigenvalue weighted by atomic mass is 32.2. The second-order valence-electron chi connectivity index (χ2n) is 4.73. The molecular formula is C16H15N5O2S. The highest BCUT2D eigenvalue weighted by Gasteiger charge is 2.11. The summed E-state index contributed by atoms with van der Waals surface area (Å²) in [6.45, 7) is 2.20. The molecule has 1 N–H and O–H groups in total. The Morgan fingerprint density at radius 3 is 2.88 bits per heavy atom. The van der Waals surface area contributed by atoms with E-state index >= 15 is 0 Å². The van der Waals surface area contributed by atoms with E-state index in [0.29, 0.717) is 23.0 Å². The van der Waals surface area contributed by atoms with Crippen LogP contribution in [0, 0.1) is 0 Å². The van der Waals surface area contributed by atoms with E-state index in [1.165, 1.54) is 0 Å². The molecule has 0 aliphatic rings. The second-order valence-corrected chi connectivity index (χ2v) is 6.01. The minimum absolute atomic E-state index is 0.143.